The maximum absolute atomic E-state index is 13.7. The summed E-state index contributed by atoms with van der Waals surface area (Å²) in [5, 5.41) is 8.03. The summed E-state index contributed by atoms with van der Waals surface area (Å²) in [5.41, 5.74) is 11.4. The van der Waals surface area contributed by atoms with Gasteiger partial charge in [-0.2, -0.15) is 5.10 Å². The van der Waals surface area contributed by atoms with Gasteiger partial charge in [0.1, 0.15) is 0 Å². The highest BCUT2D eigenvalue weighted by Crippen LogP contribution is 2.36. The van der Waals surface area contributed by atoms with E-state index in [1.54, 1.807) is 0 Å². The van der Waals surface area contributed by atoms with Crippen LogP contribution in [0.5, 0.6) is 0 Å². The van der Waals surface area contributed by atoms with Gasteiger partial charge in [0.25, 0.3) is 0 Å². The van der Waals surface area contributed by atoms with Crippen molar-refractivity contribution in [2.75, 3.05) is 31.1 Å². The van der Waals surface area contributed by atoms with Gasteiger partial charge in [-0.15, -0.1) is 0 Å². The average Bonchev–Trinajstić information content (AvgIpc) is 3.56. The van der Waals surface area contributed by atoms with Gasteiger partial charge in [-0.3, -0.25) is 14.5 Å². The molecule has 0 spiro atoms. The van der Waals surface area contributed by atoms with E-state index in [2.05, 4.69) is 55.4 Å². The van der Waals surface area contributed by atoms with Gasteiger partial charge >= 0.3 is 0 Å². The highest BCUT2D eigenvalue weighted by Gasteiger charge is 2.42. The molecule has 7 heteroatoms. The summed E-state index contributed by atoms with van der Waals surface area (Å²) in [4.78, 5) is 20.8. The first-order valence-electron chi connectivity index (χ1n) is 12.5. The van der Waals surface area contributed by atoms with Crippen molar-refractivity contribution >= 4 is 11.5 Å². The van der Waals surface area contributed by atoms with Crippen LogP contribution in [-0.2, 0) is 6.42 Å². The van der Waals surface area contributed by atoms with Crippen LogP contribution in [0.15, 0.2) is 55.0 Å². The van der Waals surface area contributed by atoms with E-state index in [9.17, 15) is 4.79 Å². The van der Waals surface area contributed by atoms with Crippen LogP contribution in [0.25, 0.3) is 11.1 Å². The molecular formula is C27H32N6O. The molecule has 176 valence electrons. The third-order valence-electron chi connectivity index (χ3n) is 7.90. The Kier molecular flexibility index (Phi) is 5.67. The molecule has 3 atom stereocenters. The van der Waals surface area contributed by atoms with E-state index in [4.69, 9.17) is 5.73 Å². The van der Waals surface area contributed by atoms with Crippen LogP contribution in [0.4, 0.5) is 5.69 Å². The van der Waals surface area contributed by atoms with E-state index >= 15 is 0 Å². The minimum absolute atomic E-state index is 0.157. The summed E-state index contributed by atoms with van der Waals surface area (Å²) in [5.74, 6) is 0.270. The highest BCUT2D eigenvalue weighted by atomic mass is 16.1. The molecular weight excluding hydrogens is 424 g/mol. The lowest BCUT2D eigenvalue weighted by atomic mass is 9.74. The van der Waals surface area contributed by atoms with E-state index in [0.717, 1.165) is 67.8 Å². The van der Waals surface area contributed by atoms with Crippen molar-refractivity contribution < 1.29 is 4.79 Å². The van der Waals surface area contributed by atoms with Crippen LogP contribution >= 0.6 is 0 Å². The predicted octanol–water partition coefficient (Wildman–Crippen LogP) is 3.08. The number of aromatic nitrogens is 3. The third-order valence-corrected chi connectivity index (χ3v) is 7.90. The van der Waals surface area contributed by atoms with Gasteiger partial charge in [-0.05, 0) is 56.5 Å². The van der Waals surface area contributed by atoms with E-state index in [1.807, 2.05) is 24.5 Å². The number of nitrogens with zero attached hydrogens (tertiary/aromatic N) is 4. The largest absolute Gasteiger partial charge is 0.371 e. The second-order valence-corrected chi connectivity index (χ2v) is 10.00. The smallest absolute Gasteiger partial charge is 0.169 e. The first-order valence-corrected chi connectivity index (χ1v) is 12.5. The molecule has 1 aromatic carbocycles. The van der Waals surface area contributed by atoms with Crippen molar-refractivity contribution in [3.05, 3.63) is 66.2 Å². The number of pyridine rings is 1. The Hall–Kier alpha value is -3.03. The summed E-state index contributed by atoms with van der Waals surface area (Å²) in [6, 6.07) is 12.7. The maximum Gasteiger partial charge on any atom is 0.169 e. The second-order valence-electron chi connectivity index (χ2n) is 10.00. The van der Waals surface area contributed by atoms with Crippen LogP contribution in [0, 0.1) is 11.8 Å². The average molecular weight is 457 g/mol. The number of Topliss-reactive ketones (excluding diaryl/α,β-unsaturated/α-hetero) is 1. The van der Waals surface area contributed by atoms with Gasteiger partial charge in [0, 0.05) is 66.2 Å². The number of rotatable bonds is 4. The fourth-order valence-corrected chi connectivity index (χ4v) is 6.03. The van der Waals surface area contributed by atoms with E-state index < -0.39 is 0 Å². The summed E-state index contributed by atoms with van der Waals surface area (Å²) >= 11 is 0. The van der Waals surface area contributed by atoms with Crippen LogP contribution < -0.4 is 16.0 Å². The minimum Gasteiger partial charge on any atom is -0.371 e. The molecule has 3 aliphatic rings. The molecule has 3 unspecified atom stereocenters. The number of para-hydroxylation sites is 1. The zero-order valence-corrected chi connectivity index (χ0v) is 19.4. The van der Waals surface area contributed by atoms with Crippen molar-refractivity contribution in [3.63, 3.8) is 0 Å². The van der Waals surface area contributed by atoms with Gasteiger partial charge in [0.15, 0.2) is 5.78 Å². The number of hydrogen-bond donors (Lipinski definition) is 2. The van der Waals surface area contributed by atoms with E-state index in [0.29, 0.717) is 12.5 Å². The zero-order valence-electron chi connectivity index (χ0n) is 19.4. The fourth-order valence-electron chi connectivity index (χ4n) is 6.03. The molecule has 4 heterocycles. The molecule has 3 aromatic rings. The van der Waals surface area contributed by atoms with Crippen LogP contribution in [0.1, 0.15) is 41.4 Å². The summed E-state index contributed by atoms with van der Waals surface area (Å²) < 4.78 is 2.08. The third kappa shape index (κ3) is 3.93. The molecule has 34 heavy (non-hydrogen) atoms. The van der Waals surface area contributed by atoms with Crippen LogP contribution in [-0.4, -0.2) is 52.8 Å². The number of hydrogen-bond acceptors (Lipinski definition) is 6. The van der Waals surface area contributed by atoms with Crippen LogP contribution in [0.3, 0.4) is 0 Å². The van der Waals surface area contributed by atoms with E-state index in [1.165, 1.54) is 5.69 Å². The number of fused-ring (bicyclic) bond motifs is 1. The quantitative estimate of drug-likeness (QED) is 0.627. The lowest BCUT2D eigenvalue weighted by Crippen LogP contribution is -2.46. The Morgan fingerprint density at radius 3 is 2.68 bits per heavy atom. The maximum atomic E-state index is 13.7. The SMILES string of the molecule is NC1Cc2ncc(-c3cnn(C4CCNCC4)c3)cc2C(=O)C1C1CCN(c2ccccc2)C1. The Morgan fingerprint density at radius 2 is 1.85 bits per heavy atom. The molecule has 6 rings (SSSR count). The Labute approximate surface area is 200 Å². The molecule has 0 bridgehead atoms. The lowest BCUT2D eigenvalue weighted by molar-refractivity contribution is 0.0834. The molecule has 2 saturated heterocycles. The number of carbonyl (C=O) groups excluding carboxylic acids is 1. The monoisotopic (exact) mass is 456 g/mol. The number of nitrogens with two attached hydrogens (primary N) is 1. The zero-order chi connectivity index (χ0) is 23.1. The standard InChI is InChI=1S/C27H32N6O/c28-24-13-25-23(27(34)26(24)18-8-11-32(16-18)21-4-2-1-3-5-21)12-19(14-30-25)20-15-31-33(17-20)22-6-9-29-10-7-22/h1-5,12,14-15,17-18,22,24,26,29H,6-11,13,16,28H2. The second kappa shape index (κ2) is 8.96. The van der Waals surface area contributed by atoms with Crippen LogP contribution in [0.2, 0.25) is 0 Å². The van der Waals surface area contributed by atoms with Gasteiger partial charge in [-0.1, -0.05) is 18.2 Å². The number of anilines is 1. The Bertz CT molecular complexity index is 1170. The Balaban J connectivity index is 1.23. The van der Waals surface area contributed by atoms with Crippen molar-refractivity contribution in [1.82, 2.24) is 20.1 Å². The molecule has 0 amide bonds. The number of benzene rings is 1. The molecule has 0 saturated carbocycles. The Morgan fingerprint density at radius 1 is 1.03 bits per heavy atom. The molecule has 2 aromatic heterocycles. The summed E-state index contributed by atoms with van der Waals surface area (Å²) in [6.07, 6.45) is 9.69. The molecule has 0 radical (unpaired) electrons. The number of carbonyl (C=O) groups is 1. The molecule has 3 N–H and O–H groups in total. The van der Waals surface area contributed by atoms with Crippen molar-refractivity contribution in [2.45, 2.75) is 37.8 Å². The highest BCUT2D eigenvalue weighted by molar-refractivity contribution is 6.01. The van der Waals surface area contributed by atoms with Gasteiger partial charge < -0.3 is 16.0 Å². The van der Waals surface area contributed by atoms with Crippen molar-refractivity contribution in [3.8, 4) is 11.1 Å². The minimum atomic E-state index is -0.179. The van der Waals surface area contributed by atoms with Crippen molar-refractivity contribution in [2.24, 2.45) is 17.6 Å². The molecule has 2 aliphatic heterocycles. The molecule has 2 fully saturated rings. The fraction of sp³-hybridized carbons (Fsp3) is 0.444. The number of nitrogens with one attached hydrogen (secondary N) is 1. The van der Waals surface area contributed by atoms with Gasteiger partial charge in [0.2, 0.25) is 0 Å². The number of ketones is 1. The van der Waals surface area contributed by atoms with Gasteiger partial charge in [-0.25, -0.2) is 0 Å². The van der Waals surface area contributed by atoms with Crippen molar-refractivity contribution in [1.29, 1.82) is 0 Å². The number of piperidine rings is 1. The van der Waals surface area contributed by atoms with E-state index in [-0.39, 0.29) is 23.7 Å². The summed E-state index contributed by atoms with van der Waals surface area (Å²) in [7, 11) is 0. The normalized spacial score (nSPS) is 25.5. The molecule has 7 nitrogen and oxygen atoms in total. The van der Waals surface area contributed by atoms with Gasteiger partial charge in [0.05, 0.1) is 17.9 Å². The first kappa shape index (κ1) is 21.5. The first-order chi connectivity index (χ1) is 16.7. The topological polar surface area (TPSA) is 89.1 Å². The molecule has 1 aliphatic carbocycles. The summed E-state index contributed by atoms with van der Waals surface area (Å²) in [6.45, 7) is 3.89. The lowest BCUT2D eigenvalue weighted by Gasteiger charge is -2.33. The predicted molar refractivity (Wildman–Crippen MR) is 133 cm³/mol.